The Morgan fingerprint density at radius 3 is 2.65 bits per heavy atom. The molecule has 1 aliphatic rings. The van der Waals surface area contributed by atoms with Crippen LogP contribution in [0.15, 0.2) is 48.5 Å². The van der Waals surface area contributed by atoms with Crippen molar-refractivity contribution in [2.24, 2.45) is 0 Å². The lowest BCUT2D eigenvalue weighted by Crippen LogP contribution is -2.22. The Morgan fingerprint density at radius 2 is 1.95 bits per heavy atom. The third-order valence-corrected chi connectivity index (χ3v) is 4.33. The number of nitrogens with zero attached hydrogens (tertiary/aromatic N) is 1. The second-order valence-electron chi connectivity index (χ2n) is 5.20. The zero-order valence-electron chi connectivity index (χ0n) is 11.3. The van der Waals surface area contributed by atoms with Gasteiger partial charge in [-0.1, -0.05) is 48.0 Å². The van der Waals surface area contributed by atoms with Gasteiger partial charge in [0.05, 0.1) is 12.6 Å². The molecule has 1 atom stereocenters. The van der Waals surface area contributed by atoms with Crippen LogP contribution in [0.2, 0.25) is 5.02 Å². The highest BCUT2D eigenvalue weighted by Crippen LogP contribution is 2.37. The fraction of sp³-hybridized carbons (Fsp3) is 0.294. The predicted molar refractivity (Wildman–Crippen MR) is 83.1 cm³/mol. The largest absolute Gasteiger partial charge is 0.392 e. The van der Waals surface area contributed by atoms with Gasteiger partial charge in [0.1, 0.15) is 0 Å². The summed E-state index contributed by atoms with van der Waals surface area (Å²) in [6.07, 6.45) is 2.36. The van der Waals surface area contributed by atoms with Crippen LogP contribution in [0.4, 0.5) is 5.69 Å². The quantitative estimate of drug-likeness (QED) is 0.916. The van der Waals surface area contributed by atoms with Gasteiger partial charge < -0.3 is 10.0 Å². The van der Waals surface area contributed by atoms with E-state index in [0.717, 1.165) is 17.8 Å². The fourth-order valence-corrected chi connectivity index (χ4v) is 3.18. The summed E-state index contributed by atoms with van der Waals surface area (Å²) in [7, 11) is 0. The van der Waals surface area contributed by atoms with Crippen molar-refractivity contribution >= 4 is 17.3 Å². The molecule has 20 heavy (non-hydrogen) atoms. The maximum atomic E-state index is 9.21. The van der Waals surface area contributed by atoms with Crippen LogP contribution in [0.25, 0.3) is 0 Å². The first-order valence-electron chi connectivity index (χ1n) is 7.00. The SMILES string of the molecule is OCc1ccc(N2CCCC2c2ccccc2)cc1Cl. The predicted octanol–water partition coefficient (Wildman–Crippen LogP) is 4.17. The fourth-order valence-electron chi connectivity index (χ4n) is 2.94. The summed E-state index contributed by atoms with van der Waals surface area (Å²) in [5.74, 6) is 0. The summed E-state index contributed by atoms with van der Waals surface area (Å²) in [6.45, 7) is 1.04. The molecule has 0 aliphatic carbocycles. The molecule has 104 valence electrons. The second-order valence-corrected chi connectivity index (χ2v) is 5.60. The lowest BCUT2D eigenvalue weighted by molar-refractivity contribution is 0.282. The minimum atomic E-state index is -0.0127. The summed E-state index contributed by atoms with van der Waals surface area (Å²) in [4.78, 5) is 2.41. The number of hydrogen-bond donors (Lipinski definition) is 1. The first kappa shape index (κ1) is 13.5. The summed E-state index contributed by atoms with van der Waals surface area (Å²) in [5.41, 5.74) is 3.27. The lowest BCUT2D eigenvalue weighted by atomic mass is 10.0. The topological polar surface area (TPSA) is 23.5 Å². The van der Waals surface area contributed by atoms with Crippen LogP contribution >= 0.6 is 11.6 Å². The lowest BCUT2D eigenvalue weighted by Gasteiger charge is -2.27. The number of anilines is 1. The van der Waals surface area contributed by atoms with Gasteiger partial charge in [-0.25, -0.2) is 0 Å². The van der Waals surface area contributed by atoms with Crippen LogP contribution in [-0.2, 0) is 6.61 Å². The van der Waals surface area contributed by atoms with Gasteiger partial charge in [-0.15, -0.1) is 0 Å². The second kappa shape index (κ2) is 5.86. The Kier molecular flexibility index (Phi) is 3.95. The zero-order chi connectivity index (χ0) is 13.9. The Hall–Kier alpha value is -1.51. The maximum Gasteiger partial charge on any atom is 0.0696 e. The first-order chi connectivity index (χ1) is 9.79. The number of aliphatic hydroxyl groups excluding tert-OH is 1. The molecule has 1 aliphatic heterocycles. The number of benzene rings is 2. The molecule has 0 spiro atoms. The highest BCUT2D eigenvalue weighted by molar-refractivity contribution is 6.31. The molecule has 0 amide bonds. The Bertz CT molecular complexity index is 585. The van der Waals surface area contributed by atoms with Crippen molar-refractivity contribution in [3.63, 3.8) is 0 Å². The Balaban J connectivity index is 1.91. The van der Waals surface area contributed by atoms with Crippen LogP contribution in [0, 0.1) is 0 Å². The van der Waals surface area contributed by atoms with Gasteiger partial charge in [0.15, 0.2) is 0 Å². The number of hydrogen-bond acceptors (Lipinski definition) is 2. The van der Waals surface area contributed by atoms with Crippen LogP contribution in [0.1, 0.15) is 30.0 Å². The van der Waals surface area contributed by atoms with Crippen molar-refractivity contribution < 1.29 is 5.11 Å². The smallest absolute Gasteiger partial charge is 0.0696 e. The number of rotatable bonds is 3. The van der Waals surface area contributed by atoms with Crippen molar-refractivity contribution in [2.75, 3.05) is 11.4 Å². The molecule has 2 aromatic carbocycles. The summed E-state index contributed by atoms with van der Waals surface area (Å²) in [6, 6.07) is 17.0. The van der Waals surface area contributed by atoms with Crippen molar-refractivity contribution in [3.05, 3.63) is 64.7 Å². The molecular formula is C17H18ClNO. The van der Waals surface area contributed by atoms with Gasteiger partial charge in [0.25, 0.3) is 0 Å². The monoisotopic (exact) mass is 287 g/mol. The van der Waals surface area contributed by atoms with Crippen molar-refractivity contribution in [1.82, 2.24) is 0 Å². The molecule has 1 fully saturated rings. The highest BCUT2D eigenvalue weighted by Gasteiger charge is 2.26. The normalized spacial score (nSPS) is 18.5. The number of aliphatic hydroxyl groups is 1. The molecule has 1 saturated heterocycles. The summed E-state index contributed by atoms with van der Waals surface area (Å²) < 4.78 is 0. The number of halogens is 1. The molecule has 1 N–H and O–H groups in total. The van der Waals surface area contributed by atoms with E-state index in [2.05, 4.69) is 41.3 Å². The van der Waals surface area contributed by atoms with E-state index >= 15 is 0 Å². The molecule has 0 saturated carbocycles. The Labute approximate surface area is 124 Å². The summed E-state index contributed by atoms with van der Waals surface area (Å²) >= 11 is 6.22. The van der Waals surface area contributed by atoms with E-state index < -0.39 is 0 Å². The highest BCUT2D eigenvalue weighted by atomic mass is 35.5. The molecule has 0 radical (unpaired) electrons. The Morgan fingerprint density at radius 1 is 1.15 bits per heavy atom. The molecule has 0 aromatic heterocycles. The van der Waals surface area contributed by atoms with Crippen molar-refractivity contribution in [2.45, 2.75) is 25.5 Å². The van der Waals surface area contributed by atoms with E-state index in [1.807, 2.05) is 12.1 Å². The van der Waals surface area contributed by atoms with Gasteiger partial charge in [-0.05, 0) is 36.1 Å². The molecule has 3 heteroatoms. The molecular weight excluding hydrogens is 270 g/mol. The van der Waals surface area contributed by atoms with Gasteiger partial charge >= 0.3 is 0 Å². The average Bonchev–Trinajstić information content (AvgIpc) is 2.97. The third-order valence-electron chi connectivity index (χ3n) is 3.98. The zero-order valence-corrected chi connectivity index (χ0v) is 12.1. The van der Waals surface area contributed by atoms with Gasteiger partial charge in [-0.2, -0.15) is 0 Å². The van der Waals surface area contributed by atoms with Crippen molar-refractivity contribution in [1.29, 1.82) is 0 Å². The van der Waals surface area contributed by atoms with E-state index in [0.29, 0.717) is 11.1 Å². The van der Waals surface area contributed by atoms with Crippen LogP contribution in [0.5, 0.6) is 0 Å². The van der Waals surface area contributed by atoms with E-state index in [4.69, 9.17) is 11.6 Å². The molecule has 2 aromatic rings. The molecule has 1 heterocycles. The van der Waals surface area contributed by atoms with E-state index in [9.17, 15) is 5.11 Å². The van der Waals surface area contributed by atoms with Crippen molar-refractivity contribution in [3.8, 4) is 0 Å². The minimum Gasteiger partial charge on any atom is -0.392 e. The average molecular weight is 288 g/mol. The summed E-state index contributed by atoms with van der Waals surface area (Å²) in [5, 5.41) is 9.85. The minimum absolute atomic E-state index is 0.0127. The van der Waals surface area contributed by atoms with Gasteiger partial charge in [0.2, 0.25) is 0 Å². The standard InChI is InChI=1S/C17H18ClNO/c18-16-11-15(9-8-14(16)12-20)19-10-4-7-17(19)13-5-2-1-3-6-13/h1-3,5-6,8-9,11,17,20H,4,7,10,12H2. The molecule has 1 unspecified atom stereocenters. The molecule has 2 nitrogen and oxygen atoms in total. The first-order valence-corrected chi connectivity index (χ1v) is 7.38. The molecule has 0 bridgehead atoms. The van der Waals surface area contributed by atoms with Crippen LogP contribution < -0.4 is 4.90 Å². The van der Waals surface area contributed by atoms with E-state index in [1.54, 1.807) is 0 Å². The van der Waals surface area contributed by atoms with Gasteiger partial charge in [0, 0.05) is 17.3 Å². The van der Waals surface area contributed by atoms with Gasteiger partial charge in [-0.3, -0.25) is 0 Å². The van der Waals surface area contributed by atoms with E-state index in [-0.39, 0.29) is 6.61 Å². The maximum absolute atomic E-state index is 9.21. The third kappa shape index (κ3) is 2.54. The van der Waals surface area contributed by atoms with Crippen LogP contribution in [-0.4, -0.2) is 11.7 Å². The molecule has 3 rings (SSSR count). The van der Waals surface area contributed by atoms with E-state index in [1.165, 1.54) is 18.4 Å². The van der Waals surface area contributed by atoms with Crippen LogP contribution in [0.3, 0.4) is 0 Å².